The number of benzene rings is 1. The molecule has 0 N–H and O–H groups in total. The maximum absolute atomic E-state index is 8.84. The van der Waals surface area contributed by atoms with Crippen LogP contribution in [0.15, 0.2) is 28.7 Å². The van der Waals surface area contributed by atoms with Crippen molar-refractivity contribution in [3.05, 3.63) is 28.7 Å². The predicted molar refractivity (Wildman–Crippen MR) is 69.3 cm³/mol. The third-order valence-corrected chi connectivity index (χ3v) is 3.64. The van der Waals surface area contributed by atoms with E-state index in [1.807, 2.05) is 0 Å². The molecule has 1 aromatic rings. The van der Waals surface area contributed by atoms with E-state index in [2.05, 4.69) is 58.1 Å². The Labute approximate surface area is 105 Å². The molecule has 1 aliphatic rings. The van der Waals surface area contributed by atoms with Gasteiger partial charge in [0.15, 0.2) is 0 Å². The van der Waals surface area contributed by atoms with E-state index < -0.39 is 0 Å². The highest BCUT2D eigenvalue weighted by Gasteiger charge is 2.29. The van der Waals surface area contributed by atoms with Gasteiger partial charge in [0.2, 0.25) is 0 Å². The summed E-state index contributed by atoms with van der Waals surface area (Å²) in [6, 6.07) is 11.0. The standard InChI is InChI=1S/C13H15BrN2/c1-10-8-13(6-7-15)16(9-10)12-4-2-11(14)3-5-12/h2-5,10,13H,6,8-9H2,1H3/t10-,13+/m0/s1. The molecule has 2 rings (SSSR count). The largest absolute Gasteiger partial charge is 0.367 e. The zero-order chi connectivity index (χ0) is 11.5. The number of nitriles is 1. The van der Waals surface area contributed by atoms with Gasteiger partial charge in [-0.1, -0.05) is 22.9 Å². The monoisotopic (exact) mass is 278 g/mol. The van der Waals surface area contributed by atoms with Gasteiger partial charge in [-0.2, -0.15) is 5.26 Å². The summed E-state index contributed by atoms with van der Waals surface area (Å²) in [4.78, 5) is 2.36. The van der Waals surface area contributed by atoms with Crippen molar-refractivity contribution < 1.29 is 0 Å². The Morgan fingerprint density at radius 3 is 2.75 bits per heavy atom. The van der Waals surface area contributed by atoms with Crippen molar-refractivity contribution in [2.24, 2.45) is 5.92 Å². The van der Waals surface area contributed by atoms with Crippen molar-refractivity contribution in [1.29, 1.82) is 5.26 Å². The number of hydrogen-bond donors (Lipinski definition) is 0. The van der Waals surface area contributed by atoms with Crippen molar-refractivity contribution in [1.82, 2.24) is 0 Å². The fourth-order valence-corrected chi connectivity index (χ4v) is 2.66. The summed E-state index contributed by atoms with van der Waals surface area (Å²) in [7, 11) is 0. The van der Waals surface area contributed by atoms with Crippen molar-refractivity contribution in [3.8, 4) is 6.07 Å². The van der Waals surface area contributed by atoms with Crippen LogP contribution in [0.4, 0.5) is 5.69 Å². The number of anilines is 1. The summed E-state index contributed by atoms with van der Waals surface area (Å²) >= 11 is 3.44. The zero-order valence-electron chi connectivity index (χ0n) is 9.36. The van der Waals surface area contributed by atoms with Gasteiger partial charge in [0.1, 0.15) is 0 Å². The van der Waals surface area contributed by atoms with Crippen molar-refractivity contribution >= 4 is 21.6 Å². The molecule has 0 spiro atoms. The van der Waals surface area contributed by atoms with Gasteiger partial charge >= 0.3 is 0 Å². The first-order chi connectivity index (χ1) is 7.70. The third kappa shape index (κ3) is 2.38. The second-order valence-corrected chi connectivity index (χ2v) is 5.40. The number of rotatable bonds is 2. The minimum Gasteiger partial charge on any atom is -0.367 e. The SMILES string of the molecule is C[C@H]1C[C@@H](CC#N)N(c2ccc(Br)cc2)C1. The molecule has 16 heavy (non-hydrogen) atoms. The Hall–Kier alpha value is -1.01. The van der Waals surface area contributed by atoms with Gasteiger partial charge in [-0.15, -0.1) is 0 Å². The Morgan fingerprint density at radius 1 is 1.44 bits per heavy atom. The Morgan fingerprint density at radius 2 is 2.12 bits per heavy atom. The van der Waals surface area contributed by atoms with Crippen LogP contribution in [0, 0.1) is 17.2 Å². The van der Waals surface area contributed by atoms with Crippen LogP contribution in [0.5, 0.6) is 0 Å². The van der Waals surface area contributed by atoms with Gasteiger partial charge in [-0.3, -0.25) is 0 Å². The van der Waals surface area contributed by atoms with Crippen LogP contribution in [0.3, 0.4) is 0 Å². The van der Waals surface area contributed by atoms with Gasteiger partial charge in [-0.25, -0.2) is 0 Å². The molecule has 1 aromatic carbocycles. The van der Waals surface area contributed by atoms with E-state index in [-0.39, 0.29) is 0 Å². The van der Waals surface area contributed by atoms with Crippen molar-refractivity contribution in [2.45, 2.75) is 25.8 Å². The van der Waals surface area contributed by atoms with E-state index in [1.54, 1.807) is 0 Å². The lowest BCUT2D eigenvalue weighted by molar-refractivity contribution is 0.606. The number of halogens is 1. The van der Waals surface area contributed by atoms with Crippen LogP contribution in [-0.2, 0) is 0 Å². The van der Waals surface area contributed by atoms with Gasteiger partial charge in [0.25, 0.3) is 0 Å². The minimum atomic E-state index is 0.390. The molecule has 84 valence electrons. The van der Waals surface area contributed by atoms with Crippen LogP contribution >= 0.6 is 15.9 Å². The van der Waals surface area contributed by atoms with Crippen molar-refractivity contribution in [3.63, 3.8) is 0 Å². The number of hydrogen-bond acceptors (Lipinski definition) is 2. The first-order valence-electron chi connectivity index (χ1n) is 5.60. The second kappa shape index (κ2) is 4.88. The summed E-state index contributed by atoms with van der Waals surface area (Å²) in [5.74, 6) is 0.682. The lowest BCUT2D eigenvalue weighted by Crippen LogP contribution is -2.28. The molecule has 0 saturated carbocycles. The minimum absolute atomic E-state index is 0.390. The fraction of sp³-hybridized carbons (Fsp3) is 0.462. The molecular formula is C13H15BrN2. The maximum atomic E-state index is 8.84. The van der Waals surface area contributed by atoms with Crippen LogP contribution < -0.4 is 4.90 Å². The normalized spacial score (nSPS) is 24.4. The van der Waals surface area contributed by atoms with Crippen LogP contribution in [0.1, 0.15) is 19.8 Å². The lowest BCUT2D eigenvalue weighted by Gasteiger charge is -2.25. The molecule has 2 nitrogen and oxygen atoms in total. The highest BCUT2D eigenvalue weighted by Crippen LogP contribution is 2.31. The maximum Gasteiger partial charge on any atom is 0.0643 e. The summed E-state index contributed by atoms with van der Waals surface area (Å²) in [6.07, 6.45) is 1.75. The highest BCUT2D eigenvalue weighted by molar-refractivity contribution is 9.10. The molecule has 0 bridgehead atoms. The third-order valence-electron chi connectivity index (χ3n) is 3.11. The summed E-state index contributed by atoms with van der Waals surface area (Å²) in [5, 5.41) is 8.84. The zero-order valence-corrected chi connectivity index (χ0v) is 10.9. The Bertz CT molecular complexity index is 393. The van der Waals surface area contributed by atoms with Crippen molar-refractivity contribution in [2.75, 3.05) is 11.4 Å². The molecule has 1 heterocycles. The molecule has 0 aromatic heterocycles. The van der Waals surface area contributed by atoms with E-state index in [4.69, 9.17) is 5.26 Å². The van der Waals surface area contributed by atoms with E-state index >= 15 is 0 Å². The molecule has 3 heteroatoms. The van der Waals surface area contributed by atoms with Crippen LogP contribution in [0.25, 0.3) is 0 Å². The topological polar surface area (TPSA) is 27.0 Å². The molecule has 1 aliphatic heterocycles. The molecule has 1 saturated heterocycles. The fourth-order valence-electron chi connectivity index (χ4n) is 2.40. The van der Waals surface area contributed by atoms with Gasteiger partial charge in [0.05, 0.1) is 12.5 Å². The van der Waals surface area contributed by atoms with Gasteiger partial charge < -0.3 is 4.90 Å². The Balaban J connectivity index is 2.19. The van der Waals surface area contributed by atoms with E-state index in [1.165, 1.54) is 5.69 Å². The quantitative estimate of drug-likeness (QED) is 0.827. The first-order valence-corrected chi connectivity index (χ1v) is 6.39. The van der Waals surface area contributed by atoms with E-state index in [0.717, 1.165) is 17.4 Å². The van der Waals surface area contributed by atoms with Gasteiger partial charge in [-0.05, 0) is 36.6 Å². The average Bonchev–Trinajstić information content (AvgIpc) is 2.61. The number of nitrogens with zero attached hydrogens (tertiary/aromatic N) is 2. The Kier molecular flexibility index (Phi) is 3.50. The van der Waals surface area contributed by atoms with E-state index in [9.17, 15) is 0 Å². The van der Waals surface area contributed by atoms with Gasteiger partial charge in [0, 0.05) is 22.7 Å². The molecule has 0 amide bonds. The molecule has 0 radical (unpaired) electrons. The highest BCUT2D eigenvalue weighted by atomic mass is 79.9. The summed E-state index contributed by atoms with van der Waals surface area (Å²) in [6.45, 7) is 3.32. The molecule has 0 aliphatic carbocycles. The van der Waals surface area contributed by atoms with Crippen LogP contribution in [0.2, 0.25) is 0 Å². The average molecular weight is 279 g/mol. The summed E-state index contributed by atoms with van der Waals surface area (Å²) in [5.41, 5.74) is 1.23. The first kappa shape index (κ1) is 11.5. The predicted octanol–water partition coefficient (Wildman–Crippen LogP) is 3.58. The summed E-state index contributed by atoms with van der Waals surface area (Å²) < 4.78 is 1.10. The second-order valence-electron chi connectivity index (χ2n) is 4.49. The molecular weight excluding hydrogens is 264 g/mol. The molecule has 0 unspecified atom stereocenters. The lowest BCUT2D eigenvalue weighted by atomic mass is 10.1. The molecule has 2 atom stereocenters. The van der Waals surface area contributed by atoms with Crippen LogP contribution in [-0.4, -0.2) is 12.6 Å². The van der Waals surface area contributed by atoms with E-state index in [0.29, 0.717) is 18.4 Å². The smallest absolute Gasteiger partial charge is 0.0643 e. The molecule has 1 fully saturated rings.